The highest BCUT2D eigenvalue weighted by Crippen LogP contribution is 2.25. The lowest BCUT2D eigenvalue weighted by Gasteiger charge is -2.16. The summed E-state index contributed by atoms with van der Waals surface area (Å²) in [4.78, 5) is 4.04. The molecular weight excluding hydrogens is 248 g/mol. The summed E-state index contributed by atoms with van der Waals surface area (Å²) in [5.41, 5.74) is 2.00. The van der Waals surface area contributed by atoms with Gasteiger partial charge in [0, 0.05) is 12.2 Å². The molecule has 2 aromatic rings. The zero-order valence-corrected chi connectivity index (χ0v) is 11.1. The first-order valence-corrected chi connectivity index (χ1v) is 6.09. The predicted molar refractivity (Wildman–Crippen MR) is 74.3 cm³/mol. The summed E-state index contributed by atoms with van der Waals surface area (Å²) < 4.78 is 5.13. The molecule has 0 fully saturated rings. The average molecular weight is 263 g/mol. The Morgan fingerprint density at radius 3 is 2.56 bits per heavy atom. The highest BCUT2D eigenvalue weighted by Gasteiger charge is 2.07. The van der Waals surface area contributed by atoms with Gasteiger partial charge in [-0.25, -0.2) is 4.98 Å². The molecule has 1 unspecified atom stereocenters. The highest BCUT2D eigenvalue weighted by molar-refractivity contribution is 6.31. The van der Waals surface area contributed by atoms with E-state index in [4.69, 9.17) is 16.3 Å². The van der Waals surface area contributed by atoms with E-state index in [-0.39, 0.29) is 6.04 Å². The van der Waals surface area contributed by atoms with Crippen LogP contribution in [0.15, 0.2) is 42.6 Å². The zero-order valence-electron chi connectivity index (χ0n) is 10.4. The van der Waals surface area contributed by atoms with Crippen molar-refractivity contribution in [2.24, 2.45) is 0 Å². The van der Waals surface area contributed by atoms with Crippen molar-refractivity contribution in [3.05, 3.63) is 53.3 Å². The van der Waals surface area contributed by atoms with Crippen LogP contribution < -0.4 is 10.1 Å². The van der Waals surface area contributed by atoms with Crippen LogP contribution in [0.2, 0.25) is 5.15 Å². The van der Waals surface area contributed by atoms with E-state index in [9.17, 15) is 0 Å². The van der Waals surface area contributed by atoms with Crippen LogP contribution in [0.4, 0.5) is 5.69 Å². The molecule has 1 atom stereocenters. The van der Waals surface area contributed by atoms with Crippen LogP contribution in [-0.2, 0) is 0 Å². The predicted octanol–water partition coefficient (Wildman–Crippen LogP) is 3.92. The summed E-state index contributed by atoms with van der Waals surface area (Å²) in [6.07, 6.45) is 1.67. The second-order valence-corrected chi connectivity index (χ2v) is 4.34. The van der Waals surface area contributed by atoms with E-state index < -0.39 is 0 Å². The third-order valence-corrected chi connectivity index (χ3v) is 3.05. The van der Waals surface area contributed by atoms with Gasteiger partial charge < -0.3 is 10.1 Å². The van der Waals surface area contributed by atoms with E-state index in [1.165, 1.54) is 0 Å². The summed E-state index contributed by atoms with van der Waals surface area (Å²) in [6, 6.07) is 11.9. The number of nitrogens with zero attached hydrogens (tertiary/aromatic N) is 1. The van der Waals surface area contributed by atoms with Gasteiger partial charge in [-0.1, -0.05) is 23.7 Å². The summed E-state index contributed by atoms with van der Waals surface area (Å²) in [5.74, 6) is 0.852. The maximum absolute atomic E-state index is 6.01. The van der Waals surface area contributed by atoms with Crippen molar-refractivity contribution < 1.29 is 4.74 Å². The summed E-state index contributed by atoms with van der Waals surface area (Å²) in [7, 11) is 1.66. The van der Waals surface area contributed by atoms with Crippen LogP contribution in [0.25, 0.3) is 0 Å². The van der Waals surface area contributed by atoms with E-state index in [1.54, 1.807) is 13.3 Å². The topological polar surface area (TPSA) is 34.1 Å². The number of ether oxygens (including phenoxy) is 1. The second-order valence-electron chi connectivity index (χ2n) is 3.98. The Balaban J connectivity index is 2.11. The fourth-order valence-electron chi connectivity index (χ4n) is 1.70. The zero-order chi connectivity index (χ0) is 13.0. The Labute approximate surface area is 112 Å². The van der Waals surface area contributed by atoms with E-state index in [2.05, 4.69) is 17.2 Å². The largest absolute Gasteiger partial charge is 0.497 e. The molecule has 3 nitrogen and oxygen atoms in total. The fourth-order valence-corrected chi connectivity index (χ4v) is 1.88. The molecule has 18 heavy (non-hydrogen) atoms. The Hall–Kier alpha value is -1.74. The number of nitrogens with one attached hydrogen (secondary N) is 1. The number of aromatic nitrogens is 1. The number of halogens is 1. The summed E-state index contributed by atoms with van der Waals surface area (Å²) in [6.45, 7) is 2.07. The molecular formula is C14H15ClN2O. The van der Waals surface area contributed by atoms with Gasteiger partial charge in [-0.15, -0.1) is 0 Å². The maximum Gasteiger partial charge on any atom is 0.152 e. The fraction of sp³-hybridized carbons (Fsp3) is 0.214. The van der Waals surface area contributed by atoms with Crippen molar-refractivity contribution in [1.29, 1.82) is 0 Å². The Kier molecular flexibility index (Phi) is 4.05. The van der Waals surface area contributed by atoms with Crippen molar-refractivity contribution in [2.75, 3.05) is 12.4 Å². The van der Waals surface area contributed by atoms with E-state index in [0.717, 1.165) is 17.0 Å². The maximum atomic E-state index is 6.01. The smallest absolute Gasteiger partial charge is 0.152 e. The van der Waals surface area contributed by atoms with Gasteiger partial charge in [0.1, 0.15) is 5.75 Å². The monoisotopic (exact) mass is 262 g/mol. The molecule has 0 radical (unpaired) electrons. The normalized spacial score (nSPS) is 11.9. The molecule has 0 aliphatic carbocycles. The minimum absolute atomic E-state index is 0.151. The molecule has 1 aromatic carbocycles. The number of hydrogen-bond donors (Lipinski definition) is 1. The Morgan fingerprint density at radius 1 is 1.22 bits per heavy atom. The van der Waals surface area contributed by atoms with Crippen molar-refractivity contribution in [3.63, 3.8) is 0 Å². The molecule has 0 bridgehead atoms. The van der Waals surface area contributed by atoms with Gasteiger partial charge in [-0.2, -0.15) is 0 Å². The first kappa shape index (κ1) is 12.7. The number of anilines is 1. The van der Waals surface area contributed by atoms with E-state index in [1.807, 2.05) is 36.4 Å². The van der Waals surface area contributed by atoms with Crippen molar-refractivity contribution in [3.8, 4) is 5.75 Å². The van der Waals surface area contributed by atoms with Gasteiger partial charge in [0.15, 0.2) is 5.15 Å². The average Bonchev–Trinajstić information content (AvgIpc) is 2.41. The molecule has 1 aromatic heterocycles. The molecule has 1 heterocycles. The second kappa shape index (κ2) is 5.74. The van der Waals surface area contributed by atoms with E-state index >= 15 is 0 Å². The lowest BCUT2D eigenvalue weighted by Crippen LogP contribution is -2.07. The number of hydrogen-bond acceptors (Lipinski definition) is 3. The Bertz CT molecular complexity index is 513. The number of benzene rings is 1. The number of rotatable bonds is 4. The van der Waals surface area contributed by atoms with Crippen molar-refractivity contribution in [1.82, 2.24) is 4.98 Å². The lowest BCUT2D eigenvalue weighted by atomic mass is 10.1. The van der Waals surface area contributed by atoms with Crippen LogP contribution in [0.1, 0.15) is 18.5 Å². The third kappa shape index (κ3) is 2.93. The highest BCUT2D eigenvalue weighted by atomic mass is 35.5. The molecule has 0 amide bonds. The molecule has 0 saturated carbocycles. The summed E-state index contributed by atoms with van der Waals surface area (Å²) >= 11 is 6.01. The van der Waals surface area contributed by atoms with Crippen LogP contribution in [0, 0.1) is 0 Å². The lowest BCUT2D eigenvalue weighted by molar-refractivity contribution is 0.414. The molecule has 0 aliphatic rings. The minimum Gasteiger partial charge on any atom is -0.497 e. The SMILES string of the molecule is COc1ccc(C(C)Nc2cccnc2Cl)cc1. The van der Waals surface area contributed by atoms with Gasteiger partial charge in [-0.3, -0.25) is 0 Å². The molecule has 0 aliphatic heterocycles. The van der Waals surface area contributed by atoms with Gasteiger partial charge >= 0.3 is 0 Å². The molecule has 94 valence electrons. The minimum atomic E-state index is 0.151. The standard InChI is InChI=1S/C14H15ClN2O/c1-10(11-5-7-12(18-2)8-6-11)17-13-4-3-9-16-14(13)15/h3-10,17H,1-2H3. The molecule has 1 N–H and O–H groups in total. The first-order chi connectivity index (χ1) is 8.70. The van der Waals surface area contributed by atoms with Crippen LogP contribution in [0.3, 0.4) is 0 Å². The van der Waals surface area contributed by atoms with Gasteiger partial charge in [0.05, 0.1) is 12.8 Å². The van der Waals surface area contributed by atoms with Gasteiger partial charge in [0.25, 0.3) is 0 Å². The van der Waals surface area contributed by atoms with Crippen LogP contribution in [0.5, 0.6) is 5.75 Å². The summed E-state index contributed by atoms with van der Waals surface area (Å²) in [5, 5.41) is 3.81. The Morgan fingerprint density at radius 2 is 1.94 bits per heavy atom. The molecule has 0 saturated heterocycles. The third-order valence-electron chi connectivity index (χ3n) is 2.75. The first-order valence-electron chi connectivity index (χ1n) is 5.71. The molecule has 2 rings (SSSR count). The van der Waals surface area contributed by atoms with Crippen LogP contribution in [-0.4, -0.2) is 12.1 Å². The van der Waals surface area contributed by atoms with E-state index in [0.29, 0.717) is 5.15 Å². The van der Waals surface area contributed by atoms with Crippen molar-refractivity contribution in [2.45, 2.75) is 13.0 Å². The van der Waals surface area contributed by atoms with Gasteiger partial charge in [0.2, 0.25) is 0 Å². The van der Waals surface area contributed by atoms with Crippen LogP contribution >= 0.6 is 11.6 Å². The molecule has 0 spiro atoms. The molecule has 4 heteroatoms. The van der Waals surface area contributed by atoms with Crippen molar-refractivity contribution >= 4 is 17.3 Å². The number of pyridine rings is 1. The number of methoxy groups -OCH3 is 1. The van der Waals surface area contributed by atoms with Gasteiger partial charge in [-0.05, 0) is 36.8 Å². The quantitative estimate of drug-likeness (QED) is 0.848.